The van der Waals surface area contributed by atoms with E-state index in [0.29, 0.717) is 10.1 Å². The monoisotopic (exact) mass is 342 g/mol. The van der Waals surface area contributed by atoms with Crippen molar-refractivity contribution in [3.63, 3.8) is 0 Å². The number of methoxy groups -OCH3 is 2. The Morgan fingerprint density at radius 2 is 1.32 bits per heavy atom. The molecule has 106 valence electrons. The van der Waals surface area contributed by atoms with Crippen LogP contribution in [0.4, 0.5) is 0 Å². The van der Waals surface area contributed by atoms with E-state index in [1.165, 1.54) is 14.2 Å². The van der Waals surface area contributed by atoms with Crippen LogP contribution >= 0.6 is 46.4 Å². The predicted octanol–water partition coefficient (Wildman–Crippen LogP) is 4.23. The molecule has 19 heavy (non-hydrogen) atoms. The molecule has 4 atom stereocenters. The molecule has 0 aromatic carbocycles. The summed E-state index contributed by atoms with van der Waals surface area (Å²) in [7, 11) is 3.06. The fourth-order valence-electron chi connectivity index (χ4n) is 4.06. The molecule has 0 spiro atoms. The number of ether oxygens (including phenoxy) is 2. The van der Waals surface area contributed by atoms with E-state index < -0.39 is 15.5 Å². The number of allylic oxidation sites excluding steroid dienone is 2. The minimum absolute atomic E-state index is 0.0477. The van der Waals surface area contributed by atoms with E-state index in [9.17, 15) is 0 Å². The molecule has 0 unspecified atom stereocenters. The predicted molar refractivity (Wildman–Crippen MR) is 78.0 cm³/mol. The maximum Gasteiger partial charge on any atom is 0.217 e. The van der Waals surface area contributed by atoms with Gasteiger partial charge < -0.3 is 9.47 Å². The van der Waals surface area contributed by atoms with Gasteiger partial charge in [0.1, 0.15) is 9.75 Å². The van der Waals surface area contributed by atoms with Gasteiger partial charge >= 0.3 is 0 Å². The van der Waals surface area contributed by atoms with Crippen LogP contribution in [0.3, 0.4) is 0 Å². The van der Waals surface area contributed by atoms with Crippen LogP contribution in [0, 0.1) is 11.8 Å². The van der Waals surface area contributed by atoms with E-state index in [0.717, 1.165) is 12.8 Å². The molecule has 0 aromatic rings. The maximum atomic E-state index is 6.89. The maximum absolute atomic E-state index is 6.89. The van der Waals surface area contributed by atoms with E-state index in [4.69, 9.17) is 55.9 Å². The third-order valence-electron chi connectivity index (χ3n) is 4.82. The molecule has 1 saturated carbocycles. The lowest BCUT2D eigenvalue weighted by Crippen LogP contribution is -2.57. The van der Waals surface area contributed by atoms with E-state index >= 15 is 0 Å². The highest BCUT2D eigenvalue weighted by Crippen LogP contribution is 2.75. The Bertz CT molecular complexity index is 447. The van der Waals surface area contributed by atoms with Gasteiger partial charge in [-0.2, -0.15) is 0 Å². The van der Waals surface area contributed by atoms with E-state index in [2.05, 4.69) is 12.2 Å². The van der Waals surface area contributed by atoms with Gasteiger partial charge in [0.15, 0.2) is 0 Å². The third kappa shape index (κ3) is 1.26. The summed E-state index contributed by atoms with van der Waals surface area (Å²) in [5.74, 6) is -1.14. The van der Waals surface area contributed by atoms with Crippen LogP contribution < -0.4 is 0 Å². The molecule has 2 bridgehead atoms. The number of hydrogen-bond donors (Lipinski definition) is 0. The summed E-state index contributed by atoms with van der Waals surface area (Å²) in [5.41, 5.74) is 0. The molecule has 3 aliphatic rings. The smallest absolute Gasteiger partial charge is 0.217 e. The Hall–Kier alpha value is 0.560. The Morgan fingerprint density at radius 1 is 0.947 bits per heavy atom. The minimum Gasteiger partial charge on any atom is -0.350 e. The largest absolute Gasteiger partial charge is 0.350 e. The van der Waals surface area contributed by atoms with Gasteiger partial charge in [-0.25, -0.2) is 0 Å². The topological polar surface area (TPSA) is 18.5 Å². The van der Waals surface area contributed by atoms with Crippen LogP contribution in [0.2, 0.25) is 0 Å². The van der Waals surface area contributed by atoms with Crippen molar-refractivity contribution in [3.05, 3.63) is 22.2 Å². The molecule has 0 heterocycles. The van der Waals surface area contributed by atoms with Crippen molar-refractivity contribution in [2.75, 3.05) is 14.2 Å². The fraction of sp³-hybridized carbons (Fsp3) is 0.692. The van der Waals surface area contributed by atoms with Crippen LogP contribution in [0.25, 0.3) is 0 Å². The lowest BCUT2D eigenvalue weighted by atomic mass is 9.75. The molecule has 0 radical (unpaired) electrons. The van der Waals surface area contributed by atoms with Crippen molar-refractivity contribution < 1.29 is 9.47 Å². The zero-order chi connectivity index (χ0) is 14.1. The molecule has 0 N–H and O–H groups in total. The molecule has 0 aliphatic heterocycles. The molecule has 0 aromatic heterocycles. The molecule has 0 saturated heterocycles. The first-order valence-corrected chi connectivity index (χ1v) is 7.62. The molecular formula is C13H14Cl4O2. The van der Waals surface area contributed by atoms with Gasteiger partial charge in [0, 0.05) is 14.2 Å². The SMILES string of the molecule is COC1(OC)[C@@]2(Cl)C(Cl)=C(Cl)[C@@]1(Cl)[C@H]1CC=CC[C@@H]12. The second kappa shape index (κ2) is 4.28. The average molecular weight is 344 g/mol. The summed E-state index contributed by atoms with van der Waals surface area (Å²) < 4.78 is 11.3. The lowest BCUT2D eigenvalue weighted by molar-refractivity contribution is -0.220. The van der Waals surface area contributed by atoms with Crippen molar-refractivity contribution >= 4 is 46.4 Å². The molecule has 3 rings (SSSR count). The van der Waals surface area contributed by atoms with Crippen LogP contribution in [0.1, 0.15) is 12.8 Å². The molecule has 1 fully saturated rings. The second-order valence-electron chi connectivity index (χ2n) is 5.23. The Labute approximate surface area is 132 Å². The van der Waals surface area contributed by atoms with Gasteiger partial charge in [0.05, 0.1) is 10.1 Å². The second-order valence-corrected chi connectivity index (χ2v) is 7.18. The van der Waals surface area contributed by atoms with Gasteiger partial charge in [-0.3, -0.25) is 0 Å². The highest BCUT2D eigenvalue weighted by atomic mass is 35.5. The van der Waals surface area contributed by atoms with Crippen molar-refractivity contribution in [1.29, 1.82) is 0 Å². The van der Waals surface area contributed by atoms with Crippen LogP contribution in [0.5, 0.6) is 0 Å². The first-order chi connectivity index (χ1) is 8.91. The van der Waals surface area contributed by atoms with Crippen molar-refractivity contribution in [2.24, 2.45) is 11.8 Å². The number of alkyl halides is 2. The molecular weight excluding hydrogens is 330 g/mol. The summed E-state index contributed by atoms with van der Waals surface area (Å²) in [5, 5.41) is 0.706. The van der Waals surface area contributed by atoms with Crippen molar-refractivity contribution in [1.82, 2.24) is 0 Å². The van der Waals surface area contributed by atoms with Gasteiger partial charge in [-0.15, -0.1) is 23.2 Å². The number of hydrogen-bond acceptors (Lipinski definition) is 2. The lowest BCUT2D eigenvalue weighted by Gasteiger charge is -2.41. The van der Waals surface area contributed by atoms with Gasteiger partial charge in [-0.1, -0.05) is 35.4 Å². The first-order valence-electron chi connectivity index (χ1n) is 6.11. The molecule has 3 aliphatic carbocycles. The highest BCUT2D eigenvalue weighted by molar-refractivity contribution is 6.52. The minimum atomic E-state index is -1.24. The molecule has 0 amide bonds. The third-order valence-corrected chi connectivity index (χ3v) is 7.52. The summed E-state index contributed by atoms with van der Waals surface area (Å²) in [6.07, 6.45) is 5.77. The molecule has 6 heteroatoms. The summed E-state index contributed by atoms with van der Waals surface area (Å²) in [4.78, 5) is -2.07. The van der Waals surface area contributed by atoms with E-state index in [1.807, 2.05) is 0 Å². The van der Waals surface area contributed by atoms with Crippen LogP contribution in [0.15, 0.2) is 22.2 Å². The zero-order valence-corrected chi connectivity index (χ0v) is 13.6. The Morgan fingerprint density at radius 3 is 1.63 bits per heavy atom. The molecule has 2 nitrogen and oxygen atoms in total. The zero-order valence-electron chi connectivity index (χ0n) is 10.6. The average Bonchev–Trinajstić information content (AvgIpc) is 2.69. The Balaban J connectivity index is 2.29. The van der Waals surface area contributed by atoms with Gasteiger partial charge in [0.2, 0.25) is 5.79 Å². The van der Waals surface area contributed by atoms with Crippen molar-refractivity contribution in [2.45, 2.75) is 28.4 Å². The quantitative estimate of drug-likeness (QED) is 0.424. The summed E-state index contributed by atoms with van der Waals surface area (Å²) in [6, 6.07) is 0. The number of fused-ring (bicyclic) bond motifs is 5. The van der Waals surface area contributed by atoms with E-state index in [-0.39, 0.29) is 11.8 Å². The van der Waals surface area contributed by atoms with Crippen LogP contribution in [-0.2, 0) is 9.47 Å². The summed E-state index contributed by atoms with van der Waals surface area (Å²) in [6.45, 7) is 0. The van der Waals surface area contributed by atoms with Crippen molar-refractivity contribution in [3.8, 4) is 0 Å². The normalized spacial score (nSPS) is 46.8. The van der Waals surface area contributed by atoms with Gasteiger partial charge in [0.25, 0.3) is 0 Å². The summed E-state index contributed by atoms with van der Waals surface area (Å²) >= 11 is 26.6. The fourth-order valence-corrected chi connectivity index (χ4v) is 6.31. The standard InChI is InChI=1S/C13H14Cl4O2/c1-18-13(19-2)11(16)7-5-3-4-6-8(7)12(13,17)10(15)9(11)14/h3-4,7-8H,5-6H2,1-2H3/t7-,8-,11-,12-/m0/s1. The van der Waals surface area contributed by atoms with Gasteiger partial charge in [-0.05, 0) is 24.7 Å². The highest BCUT2D eigenvalue weighted by Gasteiger charge is 2.84. The first kappa shape index (κ1) is 14.5. The Kier molecular flexibility index (Phi) is 3.27. The number of rotatable bonds is 2. The van der Waals surface area contributed by atoms with Crippen LogP contribution in [-0.4, -0.2) is 29.8 Å². The number of halogens is 4. The van der Waals surface area contributed by atoms with E-state index in [1.54, 1.807) is 0 Å².